The van der Waals surface area contributed by atoms with Gasteiger partial charge in [-0.25, -0.2) is 0 Å². The van der Waals surface area contributed by atoms with Crippen molar-refractivity contribution in [2.24, 2.45) is 0 Å². The molecule has 0 fully saturated rings. The van der Waals surface area contributed by atoms with Crippen LogP contribution in [0.2, 0.25) is 0 Å². The first-order valence-electron chi connectivity index (χ1n) is 7.01. The molecule has 6 nitrogen and oxygen atoms in total. The molecule has 25 heavy (non-hydrogen) atoms. The lowest BCUT2D eigenvalue weighted by molar-refractivity contribution is 0.628. The number of anilines is 2. The number of rotatable bonds is 3. The van der Waals surface area contributed by atoms with Crippen LogP contribution in [0.1, 0.15) is 11.1 Å². The molecule has 2 aromatic rings. The highest BCUT2D eigenvalue weighted by atomic mass is 32.1. The van der Waals surface area contributed by atoms with E-state index in [1.165, 1.54) is 11.3 Å². The Hall–Kier alpha value is -2.58. The van der Waals surface area contributed by atoms with Crippen LogP contribution in [-0.4, -0.2) is 30.9 Å². The van der Waals surface area contributed by atoms with Crippen molar-refractivity contribution < 1.29 is 16.8 Å². The van der Waals surface area contributed by atoms with E-state index in [4.69, 9.17) is 16.8 Å². The molecule has 0 unspecified atom stereocenters. The number of aryl methyl sites for hydroxylation is 1. The highest BCUT2D eigenvalue weighted by Gasteiger charge is 1.85. The molecule has 0 amide bonds. The van der Waals surface area contributed by atoms with E-state index >= 15 is 0 Å². The fourth-order valence-electron chi connectivity index (χ4n) is 1.51. The van der Waals surface area contributed by atoms with Gasteiger partial charge in [0.25, 0.3) is 0 Å². The van der Waals surface area contributed by atoms with Crippen LogP contribution in [0.25, 0.3) is 6.08 Å². The zero-order valence-electron chi connectivity index (χ0n) is 14.4. The molecular weight excluding hydrogens is 360 g/mol. The molecule has 136 valence electrons. The maximum Gasteiger partial charge on any atom is 0.335 e. The lowest BCUT2D eigenvalue weighted by Gasteiger charge is -1.98. The minimum Gasteiger partial charge on any atom is -0.388 e. The van der Waals surface area contributed by atoms with Crippen LogP contribution in [0.5, 0.6) is 0 Å². The van der Waals surface area contributed by atoms with Gasteiger partial charge in [0.05, 0.1) is 0 Å². The van der Waals surface area contributed by atoms with Gasteiger partial charge in [-0.2, -0.15) is 16.8 Å². The summed E-state index contributed by atoms with van der Waals surface area (Å²) >= 11 is -1.50. The number of benzene rings is 2. The molecule has 0 aliphatic rings. The second kappa shape index (κ2) is 17.8. The summed E-state index contributed by atoms with van der Waals surface area (Å²) in [7, 11) is 3.83. The molecule has 2 aromatic carbocycles. The molecule has 0 aliphatic carbocycles. The minimum absolute atomic E-state index is 0.750. The second-order valence-corrected chi connectivity index (χ2v) is 4.60. The molecule has 0 heterocycles. The summed E-state index contributed by atoms with van der Waals surface area (Å²) in [5, 5.41) is 6.10. The summed E-state index contributed by atoms with van der Waals surface area (Å²) < 4.78 is 33.2. The molecule has 2 N–H and O–H groups in total. The van der Waals surface area contributed by atoms with Gasteiger partial charge in [0.1, 0.15) is 0 Å². The standard InChI is InChI=1S/C9H11N.C8H11N.2O2S/c1-3-8-4-6-9(10-2)7-5-8;1-7-3-5-8(9-2)6-4-7;2*1-3-2/h3-7,10H,1H2,2H3;3-6,9H,1-2H3;;. The summed E-state index contributed by atoms with van der Waals surface area (Å²) in [4.78, 5) is 0. The molecule has 0 aromatic heterocycles. The van der Waals surface area contributed by atoms with Crippen LogP contribution in [0.15, 0.2) is 55.1 Å². The molecule has 0 bridgehead atoms. The molecule has 0 spiro atoms. The predicted octanol–water partition coefficient (Wildman–Crippen LogP) is 3.07. The monoisotopic (exact) mass is 382 g/mol. The number of hydrogen-bond donors (Lipinski definition) is 2. The van der Waals surface area contributed by atoms with Gasteiger partial charge in [-0.1, -0.05) is 42.5 Å². The van der Waals surface area contributed by atoms with Crippen molar-refractivity contribution in [1.29, 1.82) is 0 Å². The van der Waals surface area contributed by atoms with Gasteiger partial charge in [0.2, 0.25) is 0 Å². The van der Waals surface area contributed by atoms with E-state index < -0.39 is 23.1 Å². The summed E-state index contributed by atoms with van der Waals surface area (Å²) in [6.45, 7) is 5.75. The van der Waals surface area contributed by atoms with Crippen LogP contribution in [0.3, 0.4) is 0 Å². The predicted molar refractivity (Wildman–Crippen MR) is 105 cm³/mol. The van der Waals surface area contributed by atoms with E-state index in [9.17, 15) is 0 Å². The fraction of sp³-hybridized carbons (Fsp3) is 0.176. The molecule has 0 aliphatic heterocycles. The average molecular weight is 383 g/mol. The Morgan fingerprint density at radius 3 is 1.36 bits per heavy atom. The van der Waals surface area contributed by atoms with E-state index in [1.807, 2.05) is 44.4 Å². The summed E-state index contributed by atoms with van der Waals surface area (Å²) in [6, 6.07) is 16.4. The summed E-state index contributed by atoms with van der Waals surface area (Å²) in [6.07, 6.45) is 1.83. The Labute approximate surface area is 155 Å². The molecule has 2 rings (SSSR count). The quantitative estimate of drug-likeness (QED) is 0.848. The summed E-state index contributed by atoms with van der Waals surface area (Å²) in [5.74, 6) is 0. The topological polar surface area (TPSA) is 92.3 Å². The fourth-order valence-corrected chi connectivity index (χ4v) is 1.51. The van der Waals surface area contributed by atoms with Crippen LogP contribution >= 0.6 is 0 Å². The van der Waals surface area contributed by atoms with Gasteiger partial charge >= 0.3 is 23.1 Å². The lowest BCUT2D eigenvalue weighted by Crippen LogP contribution is -1.85. The zero-order chi connectivity index (χ0) is 19.5. The normalized spacial score (nSPS) is 7.80. The molecule has 0 saturated carbocycles. The van der Waals surface area contributed by atoms with E-state index in [-0.39, 0.29) is 0 Å². The third kappa shape index (κ3) is 14.7. The highest BCUT2D eigenvalue weighted by Crippen LogP contribution is 2.08. The van der Waals surface area contributed by atoms with Gasteiger partial charge in [0, 0.05) is 25.5 Å². The van der Waals surface area contributed by atoms with Crippen molar-refractivity contribution in [3.05, 3.63) is 66.2 Å². The van der Waals surface area contributed by atoms with E-state index in [2.05, 4.69) is 48.4 Å². The number of hydrogen-bond acceptors (Lipinski definition) is 6. The molecule has 8 heteroatoms. The van der Waals surface area contributed by atoms with Crippen molar-refractivity contribution in [3.8, 4) is 0 Å². The van der Waals surface area contributed by atoms with E-state index in [0.29, 0.717) is 0 Å². The molecule has 0 atom stereocenters. The Morgan fingerprint density at radius 2 is 1.08 bits per heavy atom. The van der Waals surface area contributed by atoms with Crippen LogP contribution in [-0.2, 0) is 23.1 Å². The Bertz CT molecular complexity index is 650. The second-order valence-electron chi connectivity index (χ2n) is 4.33. The van der Waals surface area contributed by atoms with Gasteiger partial charge in [-0.05, 0) is 36.8 Å². The maximum atomic E-state index is 8.29. The first kappa shape index (κ1) is 24.7. The maximum absolute atomic E-state index is 8.29. The van der Waals surface area contributed by atoms with Crippen LogP contribution in [0, 0.1) is 6.92 Å². The van der Waals surface area contributed by atoms with Crippen molar-refractivity contribution in [1.82, 2.24) is 0 Å². The van der Waals surface area contributed by atoms with Crippen molar-refractivity contribution in [3.63, 3.8) is 0 Å². The third-order valence-electron chi connectivity index (χ3n) is 2.78. The first-order chi connectivity index (χ1) is 12.0. The van der Waals surface area contributed by atoms with Crippen molar-refractivity contribution >= 4 is 40.6 Å². The average Bonchev–Trinajstić information content (AvgIpc) is 2.64. The smallest absolute Gasteiger partial charge is 0.335 e. The zero-order valence-corrected chi connectivity index (χ0v) is 16.0. The van der Waals surface area contributed by atoms with Crippen LogP contribution in [0.4, 0.5) is 11.4 Å². The van der Waals surface area contributed by atoms with Crippen LogP contribution < -0.4 is 10.6 Å². The van der Waals surface area contributed by atoms with Gasteiger partial charge in [-0.3, -0.25) is 0 Å². The third-order valence-corrected chi connectivity index (χ3v) is 2.78. The van der Waals surface area contributed by atoms with Crippen molar-refractivity contribution in [2.75, 3.05) is 24.7 Å². The van der Waals surface area contributed by atoms with E-state index in [0.717, 1.165) is 11.3 Å². The van der Waals surface area contributed by atoms with Gasteiger partial charge in [0.15, 0.2) is 0 Å². The Morgan fingerprint density at radius 1 is 0.760 bits per heavy atom. The minimum atomic E-state index is -0.750. The summed E-state index contributed by atoms with van der Waals surface area (Å²) in [5.41, 5.74) is 4.75. The molecule has 0 radical (unpaired) electrons. The van der Waals surface area contributed by atoms with E-state index in [1.54, 1.807) is 0 Å². The Kier molecular flexibility index (Phi) is 17.5. The SMILES string of the molecule is C=Cc1ccc(NC)cc1.CNc1ccc(C)cc1.O=S=O.O=S=O. The Balaban J connectivity index is 0. The van der Waals surface area contributed by atoms with Gasteiger partial charge in [-0.15, -0.1) is 0 Å². The number of nitrogens with one attached hydrogen (secondary N) is 2. The largest absolute Gasteiger partial charge is 0.388 e. The molecule has 0 saturated heterocycles. The van der Waals surface area contributed by atoms with Gasteiger partial charge < -0.3 is 10.6 Å². The van der Waals surface area contributed by atoms with Crippen molar-refractivity contribution in [2.45, 2.75) is 6.92 Å². The highest BCUT2D eigenvalue weighted by molar-refractivity contribution is 7.51. The lowest BCUT2D eigenvalue weighted by atomic mass is 10.2. The molecular formula is C17H22N2O4S2. The first-order valence-corrected chi connectivity index (χ1v) is 8.34.